The summed E-state index contributed by atoms with van der Waals surface area (Å²) in [4.78, 5) is 26.6. The van der Waals surface area contributed by atoms with Gasteiger partial charge in [0.25, 0.3) is 0 Å². The molecule has 0 bridgehead atoms. The van der Waals surface area contributed by atoms with Gasteiger partial charge in [0, 0.05) is 12.5 Å². The lowest BCUT2D eigenvalue weighted by molar-refractivity contribution is -0.117. The Bertz CT molecular complexity index is 622. The number of nitrogens with one attached hydrogen (secondary N) is 1. The number of carboxylic acids is 1. The summed E-state index contributed by atoms with van der Waals surface area (Å²) < 4.78 is 21.3. The van der Waals surface area contributed by atoms with Gasteiger partial charge in [-0.15, -0.1) is 0 Å². The first-order valence-electron chi connectivity index (χ1n) is 5.26. The second-order valence-electron chi connectivity index (χ2n) is 4.44. The molecule has 0 atom stereocenters. The number of hydrogen-bond donors (Lipinski definition) is 2. The number of carbonyl (C=O) groups excluding carboxylic acids is 1. The number of anilines is 1. The van der Waals surface area contributed by atoms with Crippen LogP contribution in [0.3, 0.4) is 0 Å². The van der Waals surface area contributed by atoms with E-state index in [1.165, 1.54) is 32.2 Å². The second kappa shape index (κ2) is 4.96. The summed E-state index contributed by atoms with van der Waals surface area (Å²) in [5, 5.41) is 11.2. The zero-order chi connectivity index (χ0) is 14.8. The molecule has 1 amide bonds. The van der Waals surface area contributed by atoms with E-state index in [4.69, 9.17) is 5.11 Å². The maximum Gasteiger partial charge on any atom is 0.339 e. The van der Waals surface area contributed by atoms with E-state index in [9.17, 15) is 18.0 Å². The minimum atomic E-state index is -3.64. The first-order valence-corrected chi connectivity index (χ1v) is 7.16. The molecule has 8 heteroatoms. The van der Waals surface area contributed by atoms with Crippen LogP contribution < -0.4 is 5.32 Å². The van der Waals surface area contributed by atoms with E-state index < -0.39 is 26.5 Å². The molecule has 0 radical (unpaired) electrons. The summed E-state index contributed by atoms with van der Waals surface area (Å²) in [6.07, 6.45) is 2.23. The highest BCUT2D eigenvalue weighted by molar-refractivity contribution is 7.92. The zero-order valence-corrected chi connectivity index (χ0v) is 11.5. The average molecular weight is 286 g/mol. The molecule has 0 aliphatic heterocycles. The topological polar surface area (TPSA) is 113 Å². The van der Waals surface area contributed by atoms with Gasteiger partial charge in [0.05, 0.1) is 0 Å². The number of pyridine rings is 1. The predicted molar refractivity (Wildman–Crippen MR) is 68.7 cm³/mol. The Labute approximate surface area is 110 Å². The van der Waals surface area contributed by atoms with Crippen molar-refractivity contribution in [2.24, 2.45) is 0 Å². The third-order valence-corrected chi connectivity index (χ3v) is 4.78. The number of amides is 1. The van der Waals surface area contributed by atoms with Gasteiger partial charge in [-0.2, -0.15) is 0 Å². The second-order valence-corrected chi connectivity index (χ2v) is 7.01. The van der Waals surface area contributed by atoms with Gasteiger partial charge in [-0.05, 0) is 26.0 Å². The Hall–Kier alpha value is -1.96. The molecule has 19 heavy (non-hydrogen) atoms. The standard InChI is InChI=1S/C11H14N2O5S/c1-11(2,19(3,17)18)10(16)13-8-7(9(14)15)5-4-6-12-8/h4-6H,1-3H3,(H,14,15)(H,12,13,16). The van der Waals surface area contributed by atoms with Crippen LogP contribution in [0.15, 0.2) is 18.3 Å². The summed E-state index contributed by atoms with van der Waals surface area (Å²) >= 11 is 0. The first kappa shape index (κ1) is 15.1. The monoisotopic (exact) mass is 286 g/mol. The van der Waals surface area contributed by atoms with Crippen molar-refractivity contribution in [1.82, 2.24) is 4.98 Å². The van der Waals surface area contributed by atoms with E-state index in [1.54, 1.807) is 0 Å². The molecular formula is C11H14N2O5S. The number of carboxylic acid groups (broad SMARTS) is 1. The number of rotatable bonds is 4. The molecule has 0 aromatic carbocycles. The maximum atomic E-state index is 11.9. The number of carbonyl (C=O) groups is 2. The first-order chi connectivity index (χ1) is 8.57. The molecule has 0 fully saturated rings. The third kappa shape index (κ3) is 3.08. The summed E-state index contributed by atoms with van der Waals surface area (Å²) in [6.45, 7) is 2.47. The zero-order valence-electron chi connectivity index (χ0n) is 10.7. The maximum absolute atomic E-state index is 11.9. The van der Waals surface area contributed by atoms with Crippen molar-refractivity contribution in [2.45, 2.75) is 18.6 Å². The number of aromatic carboxylic acids is 1. The third-order valence-electron chi connectivity index (χ3n) is 2.74. The number of aromatic nitrogens is 1. The lowest BCUT2D eigenvalue weighted by Gasteiger charge is -2.21. The van der Waals surface area contributed by atoms with E-state index >= 15 is 0 Å². The fourth-order valence-electron chi connectivity index (χ4n) is 1.10. The number of hydrogen-bond acceptors (Lipinski definition) is 5. The molecule has 1 heterocycles. The smallest absolute Gasteiger partial charge is 0.339 e. The van der Waals surface area contributed by atoms with Crippen LogP contribution >= 0.6 is 0 Å². The van der Waals surface area contributed by atoms with Crippen LogP contribution in [0.5, 0.6) is 0 Å². The van der Waals surface area contributed by atoms with Crippen molar-refractivity contribution in [3.63, 3.8) is 0 Å². The van der Waals surface area contributed by atoms with Crippen LogP contribution in [0.25, 0.3) is 0 Å². The Morgan fingerprint density at radius 3 is 2.42 bits per heavy atom. The summed E-state index contributed by atoms with van der Waals surface area (Å²) in [5.74, 6) is -2.28. The van der Waals surface area contributed by atoms with Crippen LogP contribution in [-0.4, -0.2) is 41.4 Å². The van der Waals surface area contributed by atoms with E-state index in [-0.39, 0.29) is 11.4 Å². The fraction of sp³-hybridized carbons (Fsp3) is 0.364. The van der Waals surface area contributed by atoms with Crippen molar-refractivity contribution in [3.8, 4) is 0 Å². The molecule has 7 nitrogen and oxygen atoms in total. The molecule has 1 aromatic heterocycles. The van der Waals surface area contributed by atoms with Crippen LogP contribution in [0.1, 0.15) is 24.2 Å². The Kier molecular flexibility index (Phi) is 3.94. The van der Waals surface area contributed by atoms with Crippen LogP contribution in [-0.2, 0) is 14.6 Å². The van der Waals surface area contributed by atoms with Crippen molar-refractivity contribution in [1.29, 1.82) is 0 Å². The van der Waals surface area contributed by atoms with Crippen LogP contribution in [0.4, 0.5) is 5.82 Å². The minimum absolute atomic E-state index is 0.184. The molecule has 0 aliphatic rings. The molecule has 2 N–H and O–H groups in total. The quantitative estimate of drug-likeness (QED) is 0.835. The molecule has 0 spiro atoms. The molecule has 1 rings (SSSR count). The van der Waals surface area contributed by atoms with Gasteiger partial charge < -0.3 is 10.4 Å². The van der Waals surface area contributed by atoms with Gasteiger partial charge in [-0.25, -0.2) is 18.2 Å². The highest BCUT2D eigenvalue weighted by atomic mass is 32.2. The molecule has 0 unspecified atom stereocenters. The molecule has 0 saturated heterocycles. The fourth-order valence-corrected chi connectivity index (χ4v) is 1.49. The van der Waals surface area contributed by atoms with E-state index in [0.29, 0.717) is 0 Å². The van der Waals surface area contributed by atoms with Crippen LogP contribution in [0.2, 0.25) is 0 Å². The largest absolute Gasteiger partial charge is 0.478 e. The van der Waals surface area contributed by atoms with Gasteiger partial charge in [0.2, 0.25) is 5.91 Å². The van der Waals surface area contributed by atoms with Crippen LogP contribution in [0, 0.1) is 0 Å². The Balaban J connectivity index is 3.12. The highest BCUT2D eigenvalue weighted by Gasteiger charge is 2.39. The van der Waals surface area contributed by atoms with Gasteiger partial charge >= 0.3 is 5.97 Å². The van der Waals surface area contributed by atoms with Gasteiger partial charge in [-0.1, -0.05) is 0 Å². The van der Waals surface area contributed by atoms with Crippen molar-refractivity contribution in [3.05, 3.63) is 23.9 Å². The average Bonchev–Trinajstić information content (AvgIpc) is 2.27. The Morgan fingerprint density at radius 2 is 1.95 bits per heavy atom. The van der Waals surface area contributed by atoms with Crippen molar-refractivity contribution in [2.75, 3.05) is 11.6 Å². The van der Waals surface area contributed by atoms with E-state index in [0.717, 1.165) is 6.26 Å². The van der Waals surface area contributed by atoms with Crippen molar-refractivity contribution >= 4 is 27.5 Å². The molecule has 104 valence electrons. The predicted octanol–water partition coefficient (Wildman–Crippen LogP) is 0.542. The molecule has 1 aromatic rings. The number of sulfone groups is 1. The van der Waals surface area contributed by atoms with Gasteiger partial charge in [-0.3, -0.25) is 4.79 Å². The van der Waals surface area contributed by atoms with E-state index in [1.807, 2.05) is 0 Å². The van der Waals surface area contributed by atoms with Gasteiger partial charge in [0.1, 0.15) is 16.1 Å². The molecule has 0 saturated carbocycles. The highest BCUT2D eigenvalue weighted by Crippen LogP contribution is 2.19. The lowest BCUT2D eigenvalue weighted by atomic mass is 10.2. The minimum Gasteiger partial charge on any atom is -0.478 e. The normalized spacial score (nSPS) is 11.9. The Morgan fingerprint density at radius 1 is 1.37 bits per heavy atom. The molecule has 0 aliphatic carbocycles. The summed E-state index contributed by atoms with van der Waals surface area (Å²) in [6, 6.07) is 2.67. The summed E-state index contributed by atoms with van der Waals surface area (Å²) in [5.41, 5.74) is -0.208. The van der Waals surface area contributed by atoms with E-state index in [2.05, 4.69) is 10.3 Å². The summed E-state index contributed by atoms with van der Waals surface area (Å²) in [7, 11) is -3.64. The van der Waals surface area contributed by atoms with Crippen molar-refractivity contribution < 1.29 is 23.1 Å². The lowest BCUT2D eigenvalue weighted by Crippen LogP contribution is -2.44. The SMILES string of the molecule is CC(C)(C(=O)Nc1ncccc1C(=O)O)S(C)(=O)=O. The van der Waals surface area contributed by atoms with Gasteiger partial charge in [0.15, 0.2) is 9.84 Å². The number of nitrogens with zero attached hydrogens (tertiary/aromatic N) is 1. The molecular weight excluding hydrogens is 272 g/mol.